The van der Waals surface area contributed by atoms with E-state index in [0.717, 1.165) is 28.7 Å². The Morgan fingerprint density at radius 2 is 2.10 bits per heavy atom. The third-order valence-electron chi connectivity index (χ3n) is 3.88. The van der Waals surface area contributed by atoms with Crippen molar-refractivity contribution < 1.29 is 4.79 Å². The molecule has 0 spiro atoms. The Morgan fingerprint density at radius 3 is 2.90 bits per heavy atom. The maximum absolute atomic E-state index is 12.1. The second kappa shape index (κ2) is 5.95. The molecule has 2 aromatic rings. The Balaban J connectivity index is 1.63. The number of halogens is 1. The summed E-state index contributed by atoms with van der Waals surface area (Å²) in [6.07, 6.45) is 9.62. The lowest BCUT2D eigenvalue weighted by Crippen LogP contribution is -2.31. The highest BCUT2D eigenvalue weighted by Gasteiger charge is 2.20. The number of aromatic nitrogens is 2. The maximum atomic E-state index is 12.1. The number of nitrogens with zero attached hydrogens (tertiary/aromatic N) is 2. The molecular weight excluding hydrogens is 318 g/mol. The van der Waals surface area contributed by atoms with Crippen molar-refractivity contribution in [2.24, 2.45) is 5.92 Å². The number of hydrogen-bond acceptors (Lipinski definition) is 2. The van der Waals surface area contributed by atoms with Gasteiger partial charge in [0.05, 0.1) is 12.2 Å². The van der Waals surface area contributed by atoms with E-state index in [9.17, 15) is 4.79 Å². The van der Waals surface area contributed by atoms with Crippen LogP contribution in [0.2, 0.25) is 0 Å². The Morgan fingerprint density at radius 1 is 1.30 bits per heavy atom. The molecule has 1 aliphatic rings. The van der Waals surface area contributed by atoms with Gasteiger partial charge in [0.15, 0.2) is 0 Å². The molecule has 2 heterocycles. The topological polar surface area (TPSA) is 46.4 Å². The zero-order valence-corrected chi connectivity index (χ0v) is 12.9. The van der Waals surface area contributed by atoms with E-state index in [1.165, 1.54) is 19.3 Å². The molecule has 106 valence electrons. The van der Waals surface area contributed by atoms with E-state index in [0.29, 0.717) is 6.54 Å². The Kier molecular flexibility index (Phi) is 4.05. The molecule has 1 aliphatic carbocycles. The minimum absolute atomic E-state index is 0.183. The van der Waals surface area contributed by atoms with Gasteiger partial charge in [-0.05, 0) is 40.9 Å². The fraction of sp³-hybridized carbons (Fsp3) is 0.467. The lowest BCUT2D eigenvalue weighted by Gasteiger charge is -2.20. The molecule has 0 atom stereocenters. The van der Waals surface area contributed by atoms with Crippen molar-refractivity contribution in [3.8, 4) is 0 Å². The average molecular weight is 336 g/mol. The van der Waals surface area contributed by atoms with E-state index >= 15 is 0 Å². The standard InChI is InChI=1S/C15H18BrN3O/c16-12-6-7-14-18-13(10-19(14)9-12)8-17-15(20)11-4-2-1-3-5-11/h6-7,9-11H,1-5,8H2,(H,17,20). The molecule has 0 aromatic carbocycles. The quantitative estimate of drug-likeness (QED) is 0.935. The number of fused-ring (bicyclic) bond motifs is 1. The molecule has 1 saturated carbocycles. The van der Waals surface area contributed by atoms with Gasteiger partial charge in [0.25, 0.3) is 0 Å². The summed E-state index contributed by atoms with van der Waals surface area (Å²) in [6.45, 7) is 0.509. The molecule has 0 aliphatic heterocycles. The zero-order valence-electron chi connectivity index (χ0n) is 11.3. The SMILES string of the molecule is O=C(NCc1cn2cc(Br)ccc2n1)C1CCCCC1. The Labute approximate surface area is 126 Å². The molecule has 1 fully saturated rings. The molecule has 2 aromatic heterocycles. The summed E-state index contributed by atoms with van der Waals surface area (Å²) in [5, 5.41) is 3.02. The predicted molar refractivity (Wildman–Crippen MR) is 81.3 cm³/mol. The van der Waals surface area contributed by atoms with Gasteiger partial charge in [-0.3, -0.25) is 4.79 Å². The molecule has 1 amide bonds. The number of hydrogen-bond donors (Lipinski definition) is 1. The van der Waals surface area contributed by atoms with Crippen molar-refractivity contribution >= 4 is 27.5 Å². The van der Waals surface area contributed by atoms with Gasteiger partial charge in [0.1, 0.15) is 5.65 Å². The number of amides is 1. The number of imidazole rings is 1. The molecule has 0 bridgehead atoms. The van der Waals surface area contributed by atoms with Crippen LogP contribution in [0.3, 0.4) is 0 Å². The zero-order chi connectivity index (χ0) is 13.9. The van der Waals surface area contributed by atoms with Crippen molar-refractivity contribution in [1.29, 1.82) is 0 Å². The molecule has 1 N–H and O–H groups in total. The molecular formula is C15H18BrN3O. The Bertz CT molecular complexity index is 617. The highest BCUT2D eigenvalue weighted by molar-refractivity contribution is 9.10. The van der Waals surface area contributed by atoms with Gasteiger partial charge < -0.3 is 9.72 Å². The second-order valence-electron chi connectivity index (χ2n) is 5.40. The van der Waals surface area contributed by atoms with Gasteiger partial charge in [-0.2, -0.15) is 0 Å². The summed E-state index contributed by atoms with van der Waals surface area (Å²) >= 11 is 3.44. The van der Waals surface area contributed by atoms with Crippen molar-refractivity contribution in [2.75, 3.05) is 0 Å². The van der Waals surface area contributed by atoms with Crippen LogP contribution < -0.4 is 5.32 Å². The van der Waals surface area contributed by atoms with Gasteiger partial charge in [0.2, 0.25) is 5.91 Å². The van der Waals surface area contributed by atoms with Crippen molar-refractivity contribution in [3.63, 3.8) is 0 Å². The maximum Gasteiger partial charge on any atom is 0.223 e. The Hall–Kier alpha value is -1.36. The first kappa shape index (κ1) is 13.6. The lowest BCUT2D eigenvalue weighted by molar-refractivity contribution is -0.126. The lowest BCUT2D eigenvalue weighted by atomic mass is 9.89. The first-order chi connectivity index (χ1) is 9.72. The number of rotatable bonds is 3. The molecule has 0 radical (unpaired) electrons. The summed E-state index contributed by atoms with van der Waals surface area (Å²) in [5.41, 5.74) is 1.79. The second-order valence-corrected chi connectivity index (χ2v) is 6.31. The van der Waals surface area contributed by atoms with Crippen LogP contribution in [0.25, 0.3) is 5.65 Å². The van der Waals surface area contributed by atoms with Crippen LogP contribution in [0.4, 0.5) is 0 Å². The van der Waals surface area contributed by atoms with E-state index < -0.39 is 0 Å². The number of carbonyl (C=O) groups is 1. The first-order valence-corrected chi connectivity index (χ1v) is 7.92. The van der Waals surface area contributed by atoms with Gasteiger partial charge in [-0.15, -0.1) is 0 Å². The van der Waals surface area contributed by atoms with Crippen LogP contribution in [-0.2, 0) is 11.3 Å². The largest absolute Gasteiger partial charge is 0.350 e. The van der Waals surface area contributed by atoms with E-state index in [2.05, 4.69) is 26.2 Å². The van der Waals surface area contributed by atoms with E-state index in [-0.39, 0.29) is 11.8 Å². The monoisotopic (exact) mass is 335 g/mol. The van der Waals surface area contributed by atoms with E-state index in [1.807, 2.05) is 28.9 Å². The van der Waals surface area contributed by atoms with E-state index in [1.54, 1.807) is 0 Å². The summed E-state index contributed by atoms with van der Waals surface area (Å²) in [5.74, 6) is 0.387. The van der Waals surface area contributed by atoms with Gasteiger partial charge in [0, 0.05) is 22.8 Å². The third-order valence-corrected chi connectivity index (χ3v) is 4.35. The predicted octanol–water partition coefficient (Wildman–Crippen LogP) is 3.29. The average Bonchev–Trinajstić information content (AvgIpc) is 2.87. The first-order valence-electron chi connectivity index (χ1n) is 7.13. The molecule has 3 rings (SSSR count). The highest BCUT2D eigenvalue weighted by atomic mass is 79.9. The summed E-state index contributed by atoms with van der Waals surface area (Å²) in [4.78, 5) is 16.6. The van der Waals surface area contributed by atoms with Crippen LogP contribution in [0, 0.1) is 5.92 Å². The van der Waals surface area contributed by atoms with Crippen LogP contribution >= 0.6 is 15.9 Å². The number of carbonyl (C=O) groups excluding carboxylic acids is 1. The normalized spacial score (nSPS) is 16.4. The van der Waals surface area contributed by atoms with Crippen LogP contribution in [0.1, 0.15) is 37.8 Å². The van der Waals surface area contributed by atoms with E-state index in [4.69, 9.17) is 0 Å². The van der Waals surface area contributed by atoms with Gasteiger partial charge in [-0.1, -0.05) is 19.3 Å². The van der Waals surface area contributed by atoms with Crippen LogP contribution in [-0.4, -0.2) is 15.3 Å². The minimum atomic E-state index is 0.183. The minimum Gasteiger partial charge on any atom is -0.350 e. The van der Waals surface area contributed by atoms with Gasteiger partial charge in [-0.25, -0.2) is 4.98 Å². The molecule has 0 unspecified atom stereocenters. The summed E-state index contributed by atoms with van der Waals surface area (Å²) in [7, 11) is 0. The van der Waals surface area contributed by atoms with Crippen LogP contribution in [0.15, 0.2) is 29.0 Å². The molecule has 4 nitrogen and oxygen atoms in total. The highest BCUT2D eigenvalue weighted by Crippen LogP contribution is 2.23. The fourth-order valence-corrected chi connectivity index (χ4v) is 3.14. The fourth-order valence-electron chi connectivity index (χ4n) is 2.79. The third kappa shape index (κ3) is 3.03. The van der Waals surface area contributed by atoms with Crippen molar-refractivity contribution in [2.45, 2.75) is 38.6 Å². The number of nitrogens with one attached hydrogen (secondary N) is 1. The summed E-state index contributed by atoms with van der Waals surface area (Å²) in [6, 6.07) is 3.92. The van der Waals surface area contributed by atoms with Crippen molar-refractivity contribution in [1.82, 2.24) is 14.7 Å². The number of pyridine rings is 1. The molecule has 5 heteroatoms. The summed E-state index contributed by atoms with van der Waals surface area (Å²) < 4.78 is 2.98. The van der Waals surface area contributed by atoms with Crippen LogP contribution in [0.5, 0.6) is 0 Å². The molecule has 20 heavy (non-hydrogen) atoms. The molecule has 0 saturated heterocycles. The van der Waals surface area contributed by atoms with Gasteiger partial charge >= 0.3 is 0 Å². The smallest absolute Gasteiger partial charge is 0.223 e. The van der Waals surface area contributed by atoms with Crippen molar-refractivity contribution in [3.05, 3.63) is 34.7 Å².